The number of ether oxygens (including phenoxy) is 1. The molecule has 0 aliphatic carbocycles. The number of hydrogen-bond donors (Lipinski definition) is 0. The van der Waals surface area contributed by atoms with Crippen LogP contribution in [0.25, 0.3) is 0 Å². The lowest BCUT2D eigenvalue weighted by molar-refractivity contribution is -0.0526. The van der Waals surface area contributed by atoms with E-state index in [-0.39, 0.29) is 6.10 Å². The summed E-state index contributed by atoms with van der Waals surface area (Å²) in [6, 6.07) is 6.51. The first-order valence-electron chi connectivity index (χ1n) is 7.62. The quantitative estimate of drug-likeness (QED) is 0.826. The van der Waals surface area contributed by atoms with E-state index in [4.69, 9.17) is 27.9 Å². The zero-order chi connectivity index (χ0) is 14.8. The van der Waals surface area contributed by atoms with Gasteiger partial charge in [-0.1, -0.05) is 29.3 Å². The van der Waals surface area contributed by atoms with Crippen LogP contribution in [0.4, 0.5) is 0 Å². The van der Waals surface area contributed by atoms with Crippen LogP contribution in [-0.4, -0.2) is 55.7 Å². The summed E-state index contributed by atoms with van der Waals surface area (Å²) in [6.07, 6.45) is 2.61. The van der Waals surface area contributed by atoms with Crippen LogP contribution in [0.15, 0.2) is 18.2 Å². The van der Waals surface area contributed by atoms with Crippen molar-refractivity contribution in [1.29, 1.82) is 0 Å². The van der Waals surface area contributed by atoms with Crippen molar-refractivity contribution < 1.29 is 4.74 Å². The molecule has 1 atom stereocenters. The molecule has 2 heterocycles. The van der Waals surface area contributed by atoms with Gasteiger partial charge in [0.1, 0.15) is 0 Å². The maximum Gasteiger partial charge on any atom is 0.0953 e. The lowest BCUT2D eigenvalue weighted by Gasteiger charge is -2.41. The Hall–Kier alpha value is -0.320. The minimum atomic E-state index is 0.105. The summed E-state index contributed by atoms with van der Waals surface area (Å²) in [7, 11) is 2.20. The van der Waals surface area contributed by atoms with Gasteiger partial charge in [0.2, 0.25) is 0 Å². The second kappa shape index (κ2) is 6.84. The third-order valence-corrected chi connectivity index (χ3v) is 5.36. The van der Waals surface area contributed by atoms with Crippen LogP contribution < -0.4 is 0 Å². The van der Waals surface area contributed by atoms with Gasteiger partial charge in [-0.2, -0.15) is 0 Å². The SMILES string of the molecule is CN1CCC(N2CCOC(c3ccc(Cl)c(Cl)c3)C2)CC1. The molecule has 0 saturated carbocycles. The van der Waals surface area contributed by atoms with Crippen LogP contribution in [0.2, 0.25) is 10.0 Å². The highest BCUT2D eigenvalue weighted by Gasteiger charge is 2.29. The predicted molar refractivity (Wildman–Crippen MR) is 87.2 cm³/mol. The number of piperidine rings is 1. The van der Waals surface area contributed by atoms with Crippen molar-refractivity contribution in [3.63, 3.8) is 0 Å². The van der Waals surface area contributed by atoms with E-state index < -0.39 is 0 Å². The predicted octanol–water partition coefficient (Wildman–Crippen LogP) is 3.46. The van der Waals surface area contributed by atoms with E-state index in [1.165, 1.54) is 25.9 Å². The normalized spacial score (nSPS) is 26.1. The number of hydrogen-bond acceptors (Lipinski definition) is 3. The fourth-order valence-corrected chi connectivity index (χ4v) is 3.58. The standard InChI is InChI=1S/C16H22Cl2N2O/c1-19-6-4-13(5-7-19)20-8-9-21-16(11-20)12-2-3-14(17)15(18)10-12/h2-3,10,13,16H,4-9,11H2,1H3. The fraction of sp³-hybridized carbons (Fsp3) is 0.625. The molecule has 2 aliphatic rings. The number of halogens is 2. The largest absolute Gasteiger partial charge is 0.371 e. The summed E-state index contributed by atoms with van der Waals surface area (Å²) >= 11 is 12.1. The van der Waals surface area contributed by atoms with Gasteiger partial charge in [0.15, 0.2) is 0 Å². The maximum absolute atomic E-state index is 6.13. The van der Waals surface area contributed by atoms with Gasteiger partial charge in [-0.15, -0.1) is 0 Å². The van der Waals surface area contributed by atoms with Crippen LogP contribution in [0, 0.1) is 0 Å². The summed E-state index contributed by atoms with van der Waals surface area (Å²) in [5.74, 6) is 0. The summed E-state index contributed by atoms with van der Waals surface area (Å²) in [5.41, 5.74) is 1.13. The zero-order valence-corrected chi connectivity index (χ0v) is 13.9. The summed E-state index contributed by atoms with van der Waals surface area (Å²) < 4.78 is 5.95. The van der Waals surface area contributed by atoms with Crippen molar-refractivity contribution in [2.75, 3.05) is 39.8 Å². The molecule has 0 radical (unpaired) electrons. The topological polar surface area (TPSA) is 15.7 Å². The molecule has 2 aliphatic heterocycles. The molecule has 2 fully saturated rings. The van der Waals surface area contributed by atoms with Gasteiger partial charge in [0.25, 0.3) is 0 Å². The summed E-state index contributed by atoms with van der Waals surface area (Å²) in [6.45, 7) is 5.16. The van der Waals surface area contributed by atoms with E-state index in [1.54, 1.807) is 0 Å². The minimum Gasteiger partial charge on any atom is -0.371 e. The smallest absolute Gasteiger partial charge is 0.0953 e. The molecule has 0 amide bonds. The average Bonchev–Trinajstić information content (AvgIpc) is 2.51. The highest BCUT2D eigenvalue weighted by atomic mass is 35.5. The van der Waals surface area contributed by atoms with Gasteiger partial charge in [-0.25, -0.2) is 0 Å². The van der Waals surface area contributed by atoms with Crippen LogP contribution >= 0.6 is 23.2 Å². The molecule has 3 nitrogen and oxygen atoms in total. The van der Waals surface area contributed by atoms with E-state index >= 15 is 0 Å². The molecule has 1 aromatic carbocycles. The number of morpholine rings is 1. The van der Waals surface area contributed by atoms with Crippen molar-refractivity contribution in [2.24, 2.45) is 0 Å². The van der Waals surface area contributed by atoms with Crippen molar-refractivity contribution in [3.05, 3.63) is 33.8 Å². The fourth-order valence-electron chi connectivity index (χ4n) is 3.28. The lowest BCUT2D eigenvalue weighted by atomic mass is 10.0. The van der Waals surface area contributed by atoms with E-state index in [9.17, 15) is 0 Å². The van der Waals surface area contributed by atoms with Crippen molar-refractivity contribution in [2.45, 2.75) is 25.0 Å². The van der Waals surface area contributed by atoms with Gasteiger partial charge < -0.3 is 9.64 Å². The Morgan fingerprint density at radius 3 is 2.57 bits per heavy atom. The molecular weight excluding hydrogens is 307 g/mol. The number of likely N-dealkylation sites (tertiary alicyclic amines) is 1. The molecule has 0 aromatic heterocycles. The zero-order valence-electron chi connectivity index (χ0n) is 12.4. The summed E-state index contributed by atoms with van der Waals surface area (Å²) in [4.78, 5) is 5.00. The summed E-state index contributed by atoms with van der Waals surface area (Å²) in [5, 5.41) is 1.21. The highest BCUT2D eigenvalue weighted by molar-refractivity contribution is 6.42. The third-order valence-electron chi connectivity index (χ3n) is 4.62. The Morgan fingerprint density at radius 2 is 1.86 bits per heavy atom. The Balaban J connectivity index is 1.66. The monoisotopic (exact) mass is 328 g/mol. The first kappa shape index (κ1) is 15.6. The number of nitrogens with zero attached hydrogens (tertiary/aromatic N) is 2. The molecule has 5 heteroatoms. The van der Waals surface area contributed by atoms with E-state index in [0.29, 0.717) is 16.1 Å². The molecule has 3 rings (SSSR count). The van der Waals surface area contributed by atoms with Gasteiger partial charge >= 0.3 is 0 Å². The third kappa shape index (κ3) is 3.72. The molecule has 1 aromatic rings. The number of benzene rings is 1. The molecule has 116 valence electrons. The molecule has 0 N–H and O–H groups in total. The lowest BCUT2D eigenvalue weighted by Crippen LogP contribution is -2.49. The van der Waals surface area contributed by atoms with Crippen LogP contribution in [-0.2, 0) is 4.74 Å². The second-order valence-electron chi connectivity index (χ2n) is 6.06. The minimum absolute atomic E-state index is 0.105. The molecule has 21 heavy (non-hydrogen) atoms. The molecular formula is C16H22Cl2N2O. The van der Waals surface area contributed by atoms with Gasteiger partial charge in [-0.05, 0) is 50.7 Å². The first-order valence-corrected chi connectivity index (χ1v) is 8.38. The average molecular weight is 329 g/mol. The number of rotatable bonds is 2. The van der Waals surface area contributed by atoms with Gasteiger partial charge in [-0.3, -0.25) is 4.90 Å². The van der Waals surface area contributed by atoms with E-state index in [1.807, 2.05) is 18.2 Å². The highest BCUT2D eigenvalue weighted by Crippen LogP contribution is 2.30. The Kier molecular flexibility index (Phi) is 5.07. The van der Waals surface area contributed by atoms with Crippen LogP contribution in [0.1, 0.15) is 24.5 Å². The van der Waals surface area contributed by atoms with Crippen LogP contribution in [0.3, 0.4) is 0 Å². The molecule has 1 unspecified atom stereocenters. The second-order valence-corrected chi connectivity index (χ2v) is 6.88. The van der Waals surface area contributed by atoms with E-state index in [0.717, 1.165) is 25.3 Å². The van der Waals surface area contributed by atoms with Crippen LogP contribution in [0.5, 0.6) is 0 Å². The van der Waals surface area contributed by atoms with Crippen molar-refractivity contribution >= 4 is 23.2 Å². The Bertz CT molecular complexity index is 489. The first-order chi connectivity index (χ1) is 10.1. The van der Waals surface area contributed by atoms with Crippen molar-refractivity contribution in [1.82, 2.24) is 9.80 Å². The van der Waals surface area contributed by atoms with Crippen molar-refractivity contribution in [3.8, 4) is 0 Å². The molecule has 2 saturated heterocycles. The maximum atomic E-state index is 6.13. The van der Waals surface area contributed by atoms with Gasteiger partial charge in [0.05, 0.1) is 22.8 Å². The molecule has 0 bridgehead atoms. The Morgan fingerprint density at radius 1 is 1.10 bits per heavy atom. The molecule has 0 spiro atoms. The Labute approximate surface area is 136 Å². The van der Waals surface area contributed by atoms with E-state index in [2.05, 4.69) is 16.8 Å². The van der Waals surface area contributed by atoms with Gasteiger partial charge in [0, 0.05) is 19.1 Å².